The van der Waals surface area contributed by atoms with Crippen LogP contribution in [0, 0.1) is 5.82 Å². The highest BCUT2D eigenvalue weighted by molar-refractivity contribution is 7.84. The number of benzene rings is 2. The molecule has 2 aromatic carbocycles. The van der Waals surface area contributed by atoms with Crippen LogP contribution in [0.3, 0.4) is 0 Å². The molecule has 0 spiro atoms. The first-order chi connectivity index (χ1) is 9.27. The zero-order valence-electron chi connectivity index (χ0n) is 12.2. The quantitative estimate of drug-likeness (QED) is 0.907. The summed E-state index contributed by atoms with van der Waals surface area (Å²) < 4.78 is 28.1. The van der Waals surface area contributed by atoms with Gasteiger partial charge in [-0.25, -0.2) is 13.3 Å². The Morgan fingerprint density at radius 3 is 2.35 bits per heavy atom. The molecule has 0 heterocycles. The molecule has 0 aromatic heterocycles. The number of nitrogens with one attached hydrogen (secondary N) is 1. The molecule has 2 aromatic rings. The second-order valence-corrected chi connectivity index (χ2v) is 7.97. The van der Waals surface area contributed by atoms with Crippen molar-refractivity contribution in [1.82, 2.24) is 4.72 Å². The third kappa shape index (κ3) is 3.44. The second-order valence-electron chi connectivity index (χ2n) is 5.97. The van der Waals surface area contributed by atoms with Gasteiger partial charge in [-0.3, -0.25) is 0 Å². The smallest absolute Gasteiger partial charge is 0.123 e. The molecule has 0 aliphatic heterocycles. The van der Waals surface area contributed by atoms with Crippen LogP contribution in [-0.4, -0.2) is 8.96 Å². The minimum absolute atomic E-state index is 0.0236. The minimum Gasteiger partial charge on any atom is -0.242 e. The molecule has 0 saturated heterocycles. The normalized spacial score (nSPS) is 15.2. The number of rotatable bonds is 3. The molecule has 4 heteroatoms. The van der Waals surface area contributed by atoms with E-state index in [1.807, 2.05) is 45.9 Å². The van der Waals surface area contributed by atoms with Crippen molar-refractivity contribution in [2.24, 2.45) is 0 Å². The van der Waals surface area contributed by atoms with Crippen molar-refractivity contribution >= 4 is 21.8 Å². The van der Waals surface area contributed by atoms with Crippen LogP contribution < -0.4 is 4.72 Å². The molecule has 0 radical (unpaired) electrons. The summed E-state index contributed by atoms with van der Waals surface area (Å²) in [6.07, 6.45) is 0. The van der Waals surface area contributed by atoms with E-state index in [2.05, 4.69) is 4.72 Å². The lowest BCUT2D eigenvalue weighted by atomic mass is 10.0. The van der Waals surface area contributed by atoms with E-state index in [1.54, 1.807) is 6.07 Å². The van der Waals surface area contributed by atoms with Gasteiger partial charge >= 0.3 is 0 Å². The van der Waals surface area contributed by atoms with Crippen molar-refractivity contribution in [3.05, 3.63) is 47.8 Å². The Labute approximate surface area is 122 Å². The van der Waals surface area contributed by atoms with Crippen molar-refractivity contribution in [1.29, 1.82) is 0 Å². The molecular weight excluding hydrogens is 273 g/mol. The van der Waals surface area contributed by atoms with E-state index in [1.165, 1.54) is 12.1 Å². The zero-order valence-corrected chi connectivity index (χ0v) is 13.1. The summed E-state index contributed by atoms with van der Waals surface area (Å²) in [6.45, 7) is 7.79. The number of halogens is 1. The Hall–Kier alpha value is -1.26. The van der Waals surface area contributed by atoms with Gasteiger partial charge in [0, 0.05) is 6.04 Å². The van der Waals surface area contributed by atoms with Gasteiger partial charge in [0.2, 0.25) is 0 Å². The Bertz CT molecular complexity index is 648. The summed E-state index contributed by atoms with van der Waals surface area (Å²) in [5.41, 5.74) is 1.04. The standard InChI is InChI=1S/C16H20FNOS/c1-11(18-20(19)16(2,3)4)12-5-6-14-10-15(17)8-7-13(14)9-12/h5-11,18H,1-4H3/t11-,20+/m0/s1. The Kier molecular flexibility index (Phi) is 4.25. The summed E-state index contributed by atoms with van der Waals surface area (Å²) in [5, 5.41) is 1.86. The van der Waals surface area contributed by atoms with E-state index >= 15 is 0 Å². The van der Waals surface area contributed by atoms with Crippen molar-refractivity contribution in [2.75, 3.05) is 0 Å². The molecule has 0 aliphatic carbocycles. The Morgan fingerprint density at radius 2 is 1.70 bits per heavy atom. The van der Waals surface area contributed by atoms with Gasteiger partial charge in [-0.2, -0.15) is 0 Å². The average Bonchev–Trinajstić information content (AvgIpc) is 2.36. The highest BCUT2D eigenvalue weighted by Gasteiger charge is 2.21. The molecule has 108 valence electrons. The molecule has 0 unspecified atom stereocenters. The van der Waals surface area contributed by atoms with E-state index in [4.69, 9.17) is 0 Å². The van der Waals surface area contributed by atoms with Crippen LogP contribution in [-0.2, 0) is 11.0 Å². The third-order valence-corrected chi connectivity index (χ3v) is 4.85. The van der Waals surface area contributed by atoms with E-state index in [9.17, 15) is 8.60 Å². The lowest BCUT2D eigenvalue weighted by Crippen LogP contribution is -2.34. The predicted molar refractivity (Wildman–Crippen MR) is 83.4 cm³/mol. The predicted octanol–water partition coefficient (Wildman–Crippen LogP) is 4.09. The van der Waals surface area contributed by atoms with Gasteiger partial charge < -0.3 is 0 Å². The van der Waals surface area contributed by atoms with E-state index in [0.29, 0.717) is 0 Å². The zero-order chi connectivity index (χ0) is 14.9. The third-order valence-electron chi connectivity index (χ3n) is 3.17. The molecule has 2 rings (SSSR count). The van der Waals surface area contributed by atoms with E-state index in [0.717, 1.165) is 16.3 Å². The summed E-state index contributed by atoms with van der Waals surface area (Å²) in [7, 11) is -1.12. The summed E-state index contributed by atoms with van der Waals surface area (Å²) in [5.74, 6) is -0.231. The van der Waals surface area contributed by atoms with Crippen molar-refractivity contribution in [3.8, 4) is 0 Å². The first kappa shape index (κ1) is 15.1. The molecule has 0 bridgehead atoms. The SMILES string of the molecule is C[C@H](N[S@](=O)C(C)(C)C)c1ccc2cc(F)ccc2c1. The van der Waals surface area contributed by atoms with Crippen LogP contribution in [0.15, 0.2) is 36.4 Å². The fourth-order valence-corrected chi connectivity index (χ4v) is 2.72. The second kappa shape index (κ2) is 5.62. The van der Waals surface area contributed by atoms with Crippen LogP contribution in [0.2, 0.25) is 0 Å². The lowest BCUT2D eigenvalue weighted by molar-refractivity contribution is 0.616. The molecule has 1 N–H and O–H groups in total. The van der Waals surface area contributed by atoms with Crippen molar-refractivity contribution in [3.63, 3.8) is 0 Å². The molecule has 0 saturated carbocycles. The minimum atomic E-state index is -1.12. The van der Waals surface area contributed by atoms with E-state index < -0.39 is 11.0 Å². The molecule has 0 amide bonds. The lowest BCUT2D eigenvalue weighted by Gasteiger charge is -2.22. The van der Waals surface area contributed by atoms with Gasteiger partial charge in [0.15, 0.2) is 0 Å². The van der Waals surface area contributed by atoms with Crippen molar-refractivity contribution < 1.29 is 8.60 Å². The Balaban J connectivity index is 2.25. The molecule has 0 aliphatic rings. The van der Waals surface area contributed by atoms with E-state index in [-0.39, 0.29) is 16.6 Å². The fraction of sp³-hybridized carbons (Fsp3) is 0.375. The molecule has 0 fully saturated rings. The summed E-state index contributed by atoms with van der Waals surface area (Å²) >= 11 is 0. The number of hydrogen-bond acceptors (Lipinski definition) is 1. The maximum atomic E-state index is 13.1. The molecule has 20 heavy (non-hydrogen) atoms. The maximum absolute atomic E-state index is 13.1. The van der Waals surface area contributed by atoms with Gasteiger partial charge in [0.25, 0.3) is 0 Å². The van der Waals surface area contributed by atoms with Crippen LogP contribution in [0.4, 0.5) is 4.39 Å². The van der Waals surface area contributed by atoms with Crippen LogP contribution in [0.25, 0.3) is 10.8 Å². The maximum Gasteiger partial charge on any atom is 0.123 e. The fourth-order valence-electron chi connectivity index (χ4n) is 1.91. The van der Waals surface area contributed by atoms with Gasteiger partial charge in [-0.1, -0.05) is 18.2 Å². The highest BCUT2D eigenvalue weighted by atomic mass is 32.2. The van der Waals surface area contributed by atoms with Crippen LogP contribution in [0.1, 0.15) is 39.3 Å². The topological polar surface area (TPSA) is 29.1 Å². The van der Waals surface area contributed by atoms with Gasteiger partial charge in [-0.15, -0.1) is 0 Å². The average molecular weight is 293 g/mol. The monoisotopic (exact) mass is 293 g/mol. The largest absolute Gasteiger partial charge is 0.242 e. The van der Waals surface area contributed by atoms with Gasteiger partial charge in [0.1, 0.15) is 5.82 Å². The molecule has 2 atom stereocenters. The first-order valence-electron chi connectivity index (χ1n) is 6.64. The van der Waals surface area contributed by atoms with Gasteiger partial charge in [0.05, 0.1) is 15.7 Å². The number of fused-ring (bicyclic) bond motifs is 1. The van der Waals surface area contributed by atoms with Crippen molar-refractivity contribution in [2.45, 2.75) is 38.5 Å². The number of hydrogen-bond donors (Lipinski definition) is 1. The highest BCUT2D eigenvalue weighted by Crippen LogP contribution is 2.22. The summed E-state index contributed by atoms with van der Waals surface area (Å²) in [6, 6.07) is 10.6. The van der Waals surface area contributed by atoms with Crippen LogP contribution in [0.5, 0.6) is 0 Å². The first-order valence-corrected chi connectivity index (χ1v) is 7.79. The molecular formula is C16H20FNOS. The summed E-state index contributed by atoms with van der Waals surface area (Å²) in [4.78, 5) is 0. The molecule has 2 nitrogen and oxygen atoms in total. The van der Waals surface area contributed by atoms with Gasteiger partial charge in [-0.05, 0) is 62.2 Å². The Morgan fingerprint density at radius 1 is 1.10 bits per heavy atom. The van der Waals surface area contributed by atoms with Crippen LogP contribution >= 0.6 is 0 Å².